The van der Waals surface area contributed by atoms with E-state index in [2.05, 4.69) is 4.74 Å². The maximum absolute atomic E-state index is 10.1. The third kappa shape index (κ3) is 11.5. The first kappa shape index (κ1) is 13.5. The lowest BCUT2D eigenvalue weighted by Gasteiger charge is -2.05. The number of esters is 1. The molecule has 1 fully saturated rings. The van der Waals surface area contributed by atoms with E-state index in [0.717, 1.165) is 0 Å². The molecular formula is C12H24O2. The first-order valence-electron chi connectivity index (χ1n) is 5.76. The molecule has 0 saturated heterocycles. The SMILES string of the molecule is C1CCCCC1.CC(=O)OCC(C)C. The molecule has 0 aromatic rings. The van der Waals surface area contributed by atoms with Crippen LogP contribution >= 0.6 is 0 Å². The highest BCUT2D eigenvalue weighted by molar-refractivity contribution is 5.65. The van der Waals surface area contributed by atoms with Crippen LogP contribution in [-0.2, 0) is 9.53 Å². The molecule has 0 bridgehead atoms. The van der Waals surface area contributed by atoms with E-state index in [9.17, 15) is 4.79 Å². The standard InChI is InChI=1S/C6H12O2.C6H12/c1-5(2)4-8-6(3)7;1-2-4-6-5-3-1/h5H,4H2,1-3H3;1-6H2. The summed E-state index contributed by atoms with van der Waals surface area (Å²) >= 11 is 0. The average Bonchev–Trinajstić information content (AvgIpc) is 2.18. The Labute approximate surface area is 88.0 Å². The molecule has 14 heavy (non-hydrogen) atoms. The van der Waals surface area contributed by atoms with Crippen molar-refractivity contribution in [3.63, 3.8) is 0 Å². The number of hydrogen-bond acceptors (Lipinski definition) is 2. The maximum Gasteiger partial charge on any atom is 0.302 e. The van der Waals surface area contributed by atoms with Gasteiger partial charge >= 0.3 is 5.97 Å². The molecule has 0 radical (unpaired) electrons. The predicted octanol–water partition coefficient (Wildman–Crippen LogP) is 3.55. The van der Waals surface area contributed by atoms with Gasteiger partial charge in [0.25, 0.3) is 0 Å². The van der Waals surface area contributed by atoms with Crippen LogP contribution in [0.1, 0.15) is 59.3 Å². The second kappa shape index (κ2) is 9.04. The molecule has 1 aliphatic rings. The van der Waals surface area contributed by atoms with E-state index in [1.165, 1.54) is 45.4 Å². The molecule has 84 valence electrons. The van der Waals surface area contributed by atoms with Gasteiger partial charge in [0.1, 0.15) is 0 Å². The van der Waals surface area contributed by atoms with Crippen molar-refractivity contribution < 1.29 is 9.53 Å². The fraction of sp³-hybridized carbons (Fsp3) is 0.917. The van der Waals surface area contributed by atoms with Crippen LogP contribution in [0, 0.1) is 5.92 Å². The van der Waals surface area contributed by atoms with Gasteiger partial charge in [-0.05, 0) is 5.92 Å². The minimum absolute atomic E-state index is 0.196. The lowest BCUT2D eigenvalue weighted by molar-refractivity contribution is -0.141. The number of hydrogen-bond donors (Lipinski definition) is 0. The summed E-state index contributed by atoms with van der Waals surface area (Å²) in [7, 11) is 0. The Hall–Kier alpha value is -0.530. The van der Waals surface area contributed by atoms with Crippen molar-refractivity contribution in [1.29, 1.82) is 0 Å². The normalized spacial score (nSPS) is 15.7. The molecule has 0 unspecified atom stereocenters. The van der Waals surface area contributed by atoms with Crippen LogP contribution in [0.4, 0.5) is 0 Å². The summed E-state index contributed by atoms with van der Waals surface area (Å²) in [6, 6.07) is 0. The van der Waals surface area contributed by atoms with Gasteiger partial charge in [-0.15, -0.1) is 0 Å². The molecule has 0 heterocycles. The predicted molar refractivity (Wildman–Crippen MR) is 59.2 cm³/mol. The molecule has 2 heteroatoms. The van der Waals surface area contributed by atoms with Gasteiger partial charge in [-0.1, -0.05) is 52.4 Å². The van der Waals surface area contributed by atoms with Gasteiger partial charge in [0.05, 0.1) is 6.61 Å². The second-order valence-corrected chi connectivity index (χ2v) is 4.32. The summed E-state index contributed by atoms with van der Waals surface area (Å²) in [4.78, 5) is 10.1. The Balaban J connectivity index is 0.000000249. The van der Waals surface area contributed by atoms with Crippen LogP contribution in [-0.4, -0.2) is 12.6 Å². The van der Waals surface area contributed by atoms with E-state index >= 15 is 0 Å². The number of carbonyl (C=O) groups excluding carboxylic acids is 1. The molecule has 0 amide bonds. The fourth-order valence-corrected chi connectivity index (χ4v) is 1.34. The Morgan fingerprint density at radius 3 is 1.57 bits per heavy atom. The maximum atomic E-state index is 10.1. The molecule has 0 aliphatic heterocycles. The van der Waals surface area contributed by atoms with Crippen LogP contribution in [0.25, 0.3) is 0 Å². The molecule has 0 aromatic heterocycles. The molecule has 0 aromatic carbocycles. The minimum Gasteiger partial charge on any atom is -0.466 e. The van der Waals surface area contributed by atoms with Gasteiger partial charge in [-0.3, -0.25) is 4.79 Å². The first-order valence-corrected chi connectivity index (χ1v) is 5.76. The molecular weight excluding hydrogens is 176 g/mol. The lowest BCUT2D eigenvalue weighted by atomic mass is 10.0. The molecule has 0 spiro atoms. The molecule has 1 aliphatic carbocycles. The highest BCUT2D eigenvalue weighted by atomic mass is 16.5. The zero-order valence-corrected chi connectivity index (χ0v) is 9.84. The third-order valence-electron chi connectivity index (χ3n) is 2.12. The fourth-order valence-electron chi connectivity index (χ4n) is 1.34. The topological polar surface area (TPSA) is 26.3 Å². The molecule has 2 nitrogen and oxygen atoms in total. The largest absolute Gasteiger partial charge is 0.466 e. The van der Waals surface area contributed by atoms with Crippen molar-refractivity contribution in [3.8, 4) is 0 Å². The summed E-state index contributed by atoms with van der Waals surface area (Å²) in [6.45, 7) is 5.96. The highest BCUT2D eigenvalue weighted by Crippen LogP contribution is 2.15. The molecule has 1 saturated carbocycles. The number of rotatable bonds is 2. The third-order valence-corrected chi connectivity index (χ3v) is 2.12. The van der Waals surface area contributed by atoms with Crippen molar-refractivity contribution >= 4 is 5.97 Å². The molecule has 0 N–H and O–H groups in total. The lowest BCUT2D eigenvalue weighted by Crippen LogP contribution is -2.05. The van der Waals surface area contributed by atoms with Crippen LogP contribution in [0.3, 0.4) is 0 Å². The van der Waals surface area contributed by atoms with Gasteiger partial charge in [0.15, 0.2) is 0 Å². The minimum atomic E-state index is -0.196. The van der Waals surface area contributed by atoms with Crippen molar-refractivity contribution in [3.05, 3.63) is 0 Å². The van der Waals surface area contributed by atoms with E-state index in [-0.39, 0.29) is 5.97 Å². The Bertz CT molecular complexity index is 126. The van der Waals surface area contributed by atoms with Crippen LogP contribution in [0.2, 0.25) is 0 Å². The van der Waals surface area contributed by atoms with Gasteiger partial charge in [0.2, 0.25) is 0 Å². The van der Waals surface area contributed by atoms with Gasteiger partial charge in [0, 0.05) is 6.92 Å². The van der Waals surface area contributed by atoms with E-state index < -0.39 is 0 Å². The van der Waals surface area contributed by atoms with E-state index in [0.29, 0.717) is 12.5 Å². The van der Waals surface area contributed by atoms with Gasteiger partial charge in [-0.25, -0.2) is 0 Å². The summed E-state index contributed by atoms with van der Waals surface area (Å²) < 4.78 is 4.66. The Morgan fingerprint density at radius 1 is 1.07 bits per heavy atom. The summed E-state index contributed by atoms with van der Waals surface area (Å²) in [6.07, 6.45) is 9.00. The van der Waals surface area contributed by atoms with E-state index in [1.807, 2.05) is 13.8 Å². The number of ether oxygens (including phenoxy) is 1. The van der Waals surface area contributed by atoms with Gasteiger partial charge in [-0.2, -0.15) is 0 Å². The van der Waals surface area contributed by atoms with Crippen molar-refractivity contribution in [2.45, 2.75) is 59.3 Å². The van der Waals surface area contributed by atoms with Crippen LogP contribution in [0.15, 0.2) is 0 Å². The molecule has 1 rings (SSSR count). The smallest absolute Gasteiger partial charge is 0.302 e. The quantitative estimate of drug-likeness (QED) is 0.637. The van der Waals surface area contributed by atoms with Crippen LogP contribution < -0.4 is 0 Å². The Kier molecular flexibility index (Phi) is 8.70. The summed E-state index contributed by atoms with van der Waals surface area (Å²) in [5.74, 6) is 0.248. The Morgan fingerprint density at radius 2 is 1.43 bits per heavy atom. The van der Waals surface area contributed by atoms with Crippen molar-refractivity contribution in [1.82, 2.24) is 0 Å². The van der Waals surface area contributed by atoms with Crippen LogP contribution in [0.5, 0.6) is 0 Å². The summed E-state index contributed by atoms with van der Waals surface area (Å²) in [5.41, 5.74) is 0. The number of carbonyl (C=O) groups is 1. The monoisotopic (exact) mass is 200 g/mol. The van der Waals surface area contributed by atoms with Crippen molar-refractivity contribution in [2.75, 3.05) is 6.61 Å². The molecule has 0 atom stereocenters. The van der Waals surface area contributed by atoms with E-state index in [4.69, 9.17) is 0 Å². The zero-order chi connectivity index (χ0) is 10.8. The van der Waals surface area contributed by atoms with E-state index in [1.54, 1.807) is 0 Å². The van der Waals surface area contributed by atoms with Crippen molar-refractivity contribution in [2.24, 2.45) is 5.92 Å². The second-order valence-electron chi connectivity index (χ2n) is 4.32. The average molecular weight is 200 g/mol. The first-order chi connectivity index (χ1) is 6.63. The summed E-state index contributed by atoms with van der Waals surface area (Å²) in [5, 5.41) is 0. The van der Waals surface area contributed by atoms with Gasteiger partial charge < -0.3 is 4.74 Å². The zero-order valence-electron chi connectivity index (χ0n) is 9.84. The highest BCUT2D eigenvalue weighted by Gasteiger charge is 1.95.